The molecule has 1 aromatic heterocycles. The molecule has 0 spiro atoms. The van der Waals surface area contributed by atoms with E-state index in [0.29, 0.717) is 17.0 Å². The fraction of sp³-hybridized carbons (Fsp3) is 0.158. The average molecular weight is 322 g/mol. The van der Waals surface area contributed by atoms with Crippen LogP contribution < -0.4 is 15.6 Å². The third-order valence-corrected chi connectivity index (χ3v) is 4.14. The standard InChI is InChI=1S/C19H18N2O3/c1-12-15-6-4-5-7-16(15)21(2)19(23)17(12)18(22)20-13-8-10-14(24-3)11-9-13/h4-11H,1-3H3,(H,20,22). The van der Waals surface area contributed by atoms with Crippen LogP contribution in [-0.2, 0) is 7.05 Å². The van der Waals surface area contributed by atoms with E-state index < -0.39 is 5.91 Å². The van der Waals surface area contributed by atoms with E-state index in [-0.39, 0.29) is 11.1 Å². The van der Waals surface area contributed by atoms with Crippen LogP contribution in [0, 0.1) is 6.92 Å². The van der Waals surface area contributed by atoms with E-state index in [0.717, 1.165) is 10.9 Å². The normalized spacial score (nSPS) is 10.6. The summed E-state index contributed by atoms with van der Waals surface area (Å²) in [6.07, 6.45) is 0. The molecule has 0 saturated heterocycles. The molecule has 2 aromatic carbocycles. The molecule has 5 heteroatoms. The van der Waals surface area contributed by atoms with Crippen LogP contribution in [0.5, 0.6) is 5.75 Å². The van der Waals surface area contributed by atoms with Gasteiger partial charge >= 0.3 is 0 Å². The van der Waals surface area contributed by atoms with Crippen LogP contribution in [0.1, 0.15) is 15.9 Å². The van der Waals surface area contributed by atoms with Crippen LogP contribution in [-0.4, -0.2) is 17.6 Å². The second-order valence-corrected chi connectivity index (χ2v) is 5.56. The Hall–Kier alpha value is -3.08. The molecule has 0 bridgehead atoms. The van der Waals surface area contributed by atoms with Gasteiger partial charge in [0.15, 0.2) is 0 Å². The summed E-state index contributed by atoms with van der Waals surface area (Å²) in [5, 5.41) is 3.66. The largest absolute Gasteiger partial charge is 0.497 e. The highest BCUT2D eigenvalue weighted by atomic mass is 16.5. The predicted octanol–water partition coefficient (Wildman–Crippen LogP) is 3.11. The van der Waals surface area contributed by atoms with Gasteiger partial charge in [0, 0.05) is 18.1 Å². The Bertz CT molecular complexity index is 972. The number of methoxy groups -OCH3 is 1. The Balaban J connectivity index is 2.05. The van der Waals surface area contributed by atoms with E-state index in [4.69, 9.17) is 4.74 Å². The van der Waals surface area contributed by atoms with Gasteiger partial charge in [-0.2, -0.15) is 0 Å². The molecule has 0 radical (unpaired) electrons. The molecule has 3 rings (SSSR count). The molecule has 5 nitrogen and oxygen atoms in total. The zero-order valence-electron chi connectivity index (χ0n) is 13.8. The molecular weight excluding hydrogens is 304 g/mol. The highest BCUT2D eigenvalue weighted by Gasteiger charge is 2.18. The fourth-order valence-electron chi connectivity index (χ4n) is 2.79. The zero-order chi connectivity index (χ0) is 17.3. The molecule has 0 fully saturated rings. The third kappa shape index (κ3) is 2.65. The second kappa shape index (κ2) is 6.20. The molecule has 0 aliphatic carbocycles. The van der Waals surface area contributed by atoms with Gasteiger partial charge in [0.2, 0.25) is 0 Å². The van der Waals surface area contributed by atoms with Gasteiger partial charge in [-0.1, -0.05) is 18.2 Å². The number of aryl methyl sites for hydroxylation is 2. The van der Waals surface area contributed by atoms with Gasteiger partial charge in [0.1, 0.15) is 11.3 Å². The molecule has 0 unspecified atom stereocenters. The van der Waals surface area contributed by atoms with Crippen molar-refractivity contribution >= 4 is 22.5 Å². The number of ether oxygens (including phenoxy) is 1. The summed E-state index contributed by atoms with van der Waals surface area (Å²) in [7, 11) is 3.25. The van der Waals surface area contributed by atoms with Crippen LogP contribution in [0.2, 0.25) is 0 Å². The highest BCUT2D eigenvalue weighted by molar-refractivity contribution is 6.07. The van der Waals surface area contributed by atoms with E-state index >= 15 is 0 Å². The zero-order valence-corrected chi connectivity index (χ0v) is 13.8. The Morgan fingerprint density at radius 2 is 1.75 bits per heavy atom. The van der Waals surface area contributed by atoms with Crippen molar-refractivity contribution in [3.05, 3.63) is 70.0 Å². The molecule has 0 aliphatic heterocycles. The lowest BCUT2D eigenvalue weighted by atomic mass is 10.0. The van der Waals surface area contributed by atoms with Crippen LogP contribution >= 0.6 is 0 Å². The molecule has 3 aromatic rings. The molecule has 24 heavy (non-hydrogen) atoms. The van der Waals surface area contributed by atoms with Gasteiger partial charge in [0.25, 0.3) is 11.5 Å². The predicted molar refractivity (Wildman–Crippen MR) is 94.9 cm³/mol. The maximum absolute atomic E-state index is 12.7. The van der Waals surface area contributed by atoms with Crippen LogP contribution in [0.25, 0.3) is 10.9 Å². The smallest absolute Gasteiger partial charge is 0.263 e. The fourth-order valence-corrected chi connectivity index (χ4v) is 2.79. The monoisotopic (exact) mass is 322 g/mol. The summed E-state index contributed by atoms with van der Waals surface area (Å²) in [6, 6.07) is 14.5. The lowest BCUT2D eigenvalue weighted by molar-refractivity contribution is 0.102. The van der Waals surface area contributed by atoms with Crippen molar-refractivity contribution in [3.63, 3.8) is 0 Å². The van der Waals surface area contributed by atoms with Gasteiger partial charge < -0.3 is 14.6 Å². The molecule has 0 saturated carbocycles. The number of pyridine rings is 1. The Labute approximate surface area is 139 Å². The molecule has 1 amide bonds. The van der Waals surface area contributed by atoms with E-state index in [2.05, 4.69) is 5.32 Å². The summed E-state index contributed by atoms with van der Waals surface area (Å²) < 4.78 is 6.60. The first-order valence-corrected chi connectivity index (χ1v) is 7.56. The van der Waals surface area contributed by atoms with Crippen molar-refractivity contribution in [1.29, 1.82) is 0 Å². The maximum Gasteiger partial charge on any atom is 0.263 e. The number of carbonyl (C=O) groups is 1. The number of nitrogens with one attached hydrogen (secondary N) is 1. The number of aromatic nitrogens is 1. The van der Waals surface area contributed by atoms with Crippen molar-refractivity contribution in [3.8, 4) is 5.75 Å². The van der Waals surface area contributed by atoms with Crippen molar-refractivity contribution in [2.75, 3.05) is 12.4 Å². The first-order chi connectivity index (χ1) is 11.5. The van der Waals surface area contributed by atoms with Crippen molar-refractivity contribution < 1.29 is 9.53 Å². The van der Waals surface area contributed by atoms with Crippen LogP contribution in [0.3, 0.4) is 0 Å². The Morgan fingerprint density at radius 1 is 1.08 bits per heavy atom. The molecule has 0 atom stereocenters. The molecular formula is C19H18N2O3. The van der Waals surface area contributed by atoms with Gasteiger partial charge in [0.05, 0.1) is 12.6 Å². The third-order valence-electron chi connectivity index (χ3n) is 4.14. The van der Waals surface area contributed by atoms with Crippen molar-refractivity contribution in [1.82, 2.24) is 4.57 Å². The lowest BCUT2D eigenvalue weighted by Gasteiger charge is -2.13. The van der Waals surface area contributed by atoms with Crippen molar-refractivity contribution in [2.24, 2.45) is 7.05 Å². The molecule has 122 valence electrons. The van der Waals surface area contributed by atoms with Crippen LogP contribution in [0.4, 0.5) is 5.69 Å². The first kappa shape index (κ1) is 15.8. The SMILES string of the molecule is COc1ccc(NC(=O)c2c(C)c3ccccc3n(C)c2=O)cc1. The topological polar surface area (TPSA) is 60.3 Å². The molecule has 1 heterocycles. The molecule has 1 N–H and O–H groups in total. The van der Waals surface area contributed by atoms with Gasteiger partial charge in [-0.3, -0.25) is 9.59 Å². The highest BCUT2D eigenvalue weighted by Crippen LogP contribution is 2.20. The second-order valence-electron chi connectivity index (χ2n) is 5.56. The number of hydrogen-bond acceptors (Lipinski definition) is 3. The Kier molecular flexibility index (Phi) is 4.08. The number of benzene rings is 2. The number of anilines is 1. The summed E-state index contributed by atoms with van der Waals surface area (Å²) in [6.45, 7) is 1.80. The van der Waals surface area contributed by atoms with Crippen molar-refractivity contribution in [2.45, 2.75) is 6.92 Å². The Morgan fingerprint density at radius 3 is 2.42 bits per heavy atom. The van der Waals surface area contributed by atoms with Gasteiger partial charge in [-0.25, -0.2) is 0 Å². The van der Waals surface area contributed by atoms with E-state index in [1.165, 1.54) is 4.57 Å². The number of amides is 1. The molecule has 0 aliphatic rings. The number of hydrogen-bond donors (Lipinski definition) is 1. The van der Waals surface area contributed by atoms with E-state index in [1.54, 1.807) is 45.3 Å². The number of fused-ring (bicyclic) bond motifs is 1. The summed E-state index contributed by atoms with van der Waals surface area (Å²) in [5.74, 6) is 0.287. The summed E-state index contributed by atoms with van der Waals surface area (Å²) in [4.78, 5) is 25.3. The minimum atomic E-state index is -0.413. The first-order valence-electron chi connectivity index (χ1n) is 7.56. The quantitative estimate of drug-likeness (QED) is 0.806. The van der Waals surface area contributed by atoms with Gasteiger partial charge in [-0.05, 0) is 42.8 Å². The summed E-state index contributed by atoms with van der Waals surface area (Å²) >= 11 is 0. The average Bonchev–Trinajstić information content (AvgIpc) is 2.60. The van der Waals surface area contributed by atoms with E-state index in [1.807, 2.05) is 24.3 Å². The lowest BCUT2D eigenvalue weighted by Crippen LogP contribution is -2.29. The number of carbonyl (C=O) groups excluding carboxylic acids is 1. The maximum atomic E-state index is 12.7. The van der Waals surface area contributed by atoms with E-state index in [9.17, 15) is 9.59 Å². The number of rotatable bonds is 3. The summed E-state index contributed by atoms with van der Waals surface area (Å²) in [5.41, 5.74) is 1.94. The minimum absolute atomic E-state index is 0.159. The number of nitrogens with zero attached hydrogens (tertiary/aromatic N) is 1. The van der Waals surface area contributed by atoms with Gasteiger partial charge in [-0.15, -0.1) is 0 Å². The number of para-hydroxylation sites is 1. The van der Waals surface area contributed by atoms with Crippen LogP contribution in [0.15, 0.2) is 53.3 Å². The minimum Gasteiger partial charge on any atom is -0.497 e.